The first kappa shape index (κ1) is 9.82. The molecule has 0 bridgehead atoms. The van der Waals surface area contributed by atoms with Gasteiger partial charge in [0.25, 0.3) is 0 Å². The topological polar surface area (TPSA) is 102 Å². The van der Waals surface area contributed by atoms with Crippen molar-refractivity contribution >= 4 is 5.97 Å². The van der Waals surface area contributed by atoms with Crippen LogP contribution in [0.3, 0.4) is 0 Å². The Balaban J connectivity index is 2.84. The van der Waals surface area contributed by atoms with Crippen LogP contribution < -0.4 is 5.73 Å². The summed E-state index contributed by atoms with van der Waals surface area (Å²) in [7, 11) is 1.23. The first-order valence-electron chi connectivity index (χ1n) is 3.68. The minimum absolute atomic E-state index is 0.112. The van der Waals surface area contributed by atoms with Gasteiger partial charge in [-0.2, -0.15) is 0 Å². The van der Waals surface area contributed by atoms with Crippen LogP contribution in [0.5, 0.6) is 0 Å². The summed E-state index contributed by atoms with van der Waals surface area (Å²) in [6.45, 7) is -0.112. The maximum Gasteiger partial charge on any atom is 0.378 e. The summed E-state index contributed by atoms with van der Waals surface area (Å²) in [6.07, 6.45) is -2.22. The number of nitrogens with two attached hydrogens (primary N) is 1. The van der Waals surface area contributed by atoms with Gasteiger partial charge >= 0.3 is 5.97 Å². The minimum atomic E-state index is -1.11. The van der Waals surface area contributed by atoms with Gasteiger partial charge in [-0.15, -0.1) is 0 Å². The van der Waals surface area contributed by atoms with Crippen LogP contribution in [0.25, 0.3) is 0 Å². The highest BCUT2D eigenvalue weighted by atomic mass is 16.6. The first-order chi connectivity index (χ1) is 6.11. The molecule has 2 atom stereocenters. The molecule has 0 aromatic carbocycles. The van der Waals surface area contributed by atoms with E-state index in [1.807, 2.05) is 0 Å². The van der Waals surface area contributed by atoms with Gasteiger partial charge in [0.2, 0.25) is 5.76 Å². The van der Waals surface area contributed by atoms with Crippen LogP contribution in [0.4, 0.5) is 0 Å². The van der Waals surface area contributed by atoms with Crippen molar-refractivity contribution in [1.82, 2.24) is 0 Å². The number of cyclic esters (lactones) is 1. The average molecular weight is 189 g/mol. The lowest BCUT2D eigenvalue weighted by molar-refractivity contribution is -0.146. The van der Waals surface area contributed by atoms with E-state index in [0.717, 1.165) is 0 Å². The van der Waals surface area contributed by atoms with Crippen molar-refractivity contribution in [2.75, 3.05) is 13.7 Å². The lowest BCUT2D eigenvalue weighted by atomic mass is 10.2. The van der Waals surface area contributed by atoms with Crippen LogP contribution in [0.1, 0.15) is 0 Å². The molecule has 1 heterocycles. The zero-order valence-corrected chi connectivity index (χ0v) is 7.06. The van der Waals surface area contributed by atoms with Gasteiger partial charge in [0, 0.05) is 6.54 Å². The molecule has 0 fully saturated rings. The molecule has 0 amide bonds. The second-order valence-electron chi connectivity index (χ2n) is 2.55. The third-order valence-electron chi connectivity index (χ3n) is 1.72. The molecule has 0 aromatic rings. The Bertz CT molecular complexity index is 249. The number of ether oxygens (including phenoxy) is 2. The van der Waals surface area contributed by atoms with Crippen molar-refractivity contribution in [2.45, 2.75) is 12.2 Å². The first-order valence-corrected chi connectivity index (χ1v) is 3.68. The third kappa shape index (κ3) is 1.58. The van der Waals surface area contributed by atoms with Crippen LogP contribution in [-0.4, -0.2) is 42.0 Å². The standard InChI is InChI=1S/C7H11NO5/c1-12-6-4(10)5(3(9)2-8)13-7(6)11/h3,5,9-10H,2,8H2,1H3/t3-,5+/m0/s1. The molecule has 0 radical (unpaired) electrons. The molecule has 1 rings (SSSR count). The number of methoxy groups -OCH3 is 1. The summed E-state index contributed by atoms with van der Waals surface area (Å²) in [5.74, 6) is -1.49. The molecule has 0 unspecified atom stereocenters. The molecule has 0 saturated heterocycles. The van der Waals surface area contributed by atoms with Gasteiger partial charge in [-0.25, -0.2) is 4.79 Å². The van der Waals surface area contributed by atoms with Crippen molar-refractivity contribution in [1.29, 1.82) is 0 Å². The monoisotopic (exact) mass is 189 g/mol. The maximum absolute atomic E-state index is 10.9. The molecule has 0 spiro atoms. The Labute approximate surface area is 74.6 Å². The smallest absolute Gasteiger partial charge is 0.378 e. The van der Waals surface area contributed by atoms with E-state index in [2.05, 4.69) is 9.47 Å². The maximum atomic E-state index is 10.9. The van der Waals surface area contributed by atoms with E-state index in [1.54, 1.807) is 0 Å². The van der Waals surface area contributed by atoms with Crippen molar-refractivity contribution in [2.24, 2.45) is 5.73 Å². The Morgan fingerprint density at radius 2 is 2.38 bits per heavy atom. The Hall–Kier alpha value is -1.27. The molecule has 13 heavy (non-hydrogen) atoms. The predicted octanol–water partition coefficient (Wildman–Crippen LogP) is -1.35. The number of esters is 1. The van der Waals surface area contributed by atoms with Crippen molar-refractivity contribution in [3.05, 3.63) is 11.5 Å². The Morgan fingerprint density at radius 1 is 1.77 bits per heavy atom. The summed E-state index contributed by atoms with van der Waals surface area (Å²) < 4.78 is 9.18. The van der Waals surface area contributed by atoms with Gasteiger partial charge in [0.1, 0.15) is 6.10 Å². The molecule has 0 saturated carbocycles. The Kier molecular flexibility index (Phi) is 2.74. The fourth-order valence-corrected chi connectivity index (χ4v) is 1.03. The number of aliphatic hydroxyl groups excluding tert-OH is 2. The minimum Gasteiger partial charge on any atom is -0.505 e. The molecule has 1 aliphatic rings. The van der Waals surface area contributed by atoms with Gasteiger partial charge in [-0.1, -0.05) is 0 Å². The summed E-state index contributed by atoms with van der Waals surface area (Å²) in [6, 6.07) is 0. The second-order valence-corrected chi connectivity index (χ2v) is 2.55. The van der Waals surface area contributed by atoms with Crippen molar-refractivity contribution in [3.8, 4) is 0 Å². The third-order valence-corrected chi connectivity index (χ3v) is 1.72. The van der Waals surface area contributed by atoms with Crippen LogP contribution in [0, 0.1) is 0 Å². The number of rotatable bonds is 3. The van der Waals surface area contributed by atoms with Crippen molar-refractivity contribution in [3.63, 3.8) is 0 Å². The molecule has 4 N–H and O–H groups in total. The van der Waals surface area contributed by atoms with Gasteiger partial charge in [-0.05, 0) is 0 Å². The van der Waals surface area contributed by atoms with E-state index < -0.39 is 23.9 Å². The fourth-order valence-electron chi connectivity index (χ4n) is 1.03. The zero-order valence-electron chi connectivity index (χ0n) is 7.06. The molecule has 0 aromatic heterocycles. The molecule has 6 heteroatoms. The van der Waals surface area contributed by atoms with Gasteiger partial charge < -0.3 is 25.4 Å². The van der Waals surface area contributed by atoms with E-state index in [4.69, 9.17) is 5.73 Å². The van der Waals surface area contributed by atoms with Crippen LogP contribution in [0.15, 0.2) is 11.5 Å². The van der Waals surface area contributed by atoms with E-state index in [1.165, 1.54) is 7.11 Å². The largest absolute Gasteiger partial charge is 0.505 e. The number of carbonyl (C=O) groups excluding carboxylic acids is 1. The zero-order chi connectivity index (χ0) is 10.0. The quantitative estimate of drug-likeness (QED) is 0.474. The molecular formula is C7H11NO5. The average Bonchev–Trinajstić information content (AvgIpc) is 2.40. The normalized spacial score (nSPS) is 24.5. The fraction of sp³-hybridized carbons (Fsp3) is 0.571. The van der Waals surface area contributed by atoms with Crippen molar-refractivity contribution < 1.29 is 24.5 Å². The van der Waals surface area contributed by atoms with Gasteiger partial charge in [0.05, 0.1) is 7.11 Å². The lowest BCUT2D eigenvalue weighted by Gasteiger charge is -2.14. The number of aliphatic hydroxyl groups is 2. The molecular weight excluding hydrogens is 178 g/mol. The number of hydrogen-bond donors (Lipinski definition) is 3. The summed E-state index contributed by atoms with van der Waals surface area (Å²) in [5.41, 5.74) is 5.13. The van der Waals surface area contributed by atoms with Gasteiger partial charge in [-0.3, -0.25) is 0 Å². The van der Waals surface area contributed by atoms with E-state index in [0.29, 0.717) is 0 Å². The highest BCUT2D eigenvalue weighted by Crippen LogP contribution is 2.22. The van der Waals surface area contributed by atoms with E-state index in [9.17, 15) is 15.0 Å². The summed E-state index contributed by atoms with van der Waals surface area (Å²) >= 11 is 0. The number of hydrogen-bond acceptors (Lipinski definition) is 6. The highest BCUT2D eigenvalue weighted by Gasteiger charge is 2.39. The molecule has 6 nitrogen and oxygen atoms in total. The predicted molar refractivity (Wildman–Crippen MR) is 41.6 cm³/mol. The van der Waals surface area contributed by atoms with Crippen LogP contribution in [0.2, 0.25) is 0 Å². The van der Waals surface area contributed by atoms with Crippen LogP contribution in [-0.2, 0) is 14.3 Å². The summed E-state index contributed by atoms with van der Waals surface area (Å²) in [5, 5.41) is 18.5. The van der Waals surface area contributed by atoms with Gasteiger partial charge in [0.15, 0.2) is 11.9 Å². The SMILES string of the molecule is COC1=C(O)[C@@H]([C@@H](O)CN)OC1=O. The second kappa shape index (κ2) is 3.63. The highest BCUT2D eigenvalue weighted by molar-refractivity contribution is 5.89. The summed E-state index contributed by atoms with van der Waals surface area (Å²) in [4.78, 5) is 10.9. The van der Waals surface area contributed by atoms with Crippen LogP contribution >= 0.6 is 0 Å². The Morgan fingerprint density at radius 3 is 2.77 bits per heavy atom. The number of carbonyl (C=O) groups is 1. The van der Waals surface area contributed by atoms with E-state index >= 15 is 0 Å². The molecule has 0 aliphatic carbocycles. The molecule has 74 valence electrons. The van der Waals surface area contributed by atoms with E-state index in [-0.39, 0.29) is 12.3 Å². The lowest BCUT2D eigenvalue weighted by Crippen LogP contribution is -2.35. The molecule has 1 aliphatic heterocycles.